The van der Waals surface area contributed by atoms with Crippen molar-refractivity contribution >= 4 is 11.9 Å². The number of hydrogen-bond donors (Lipinski definition) is 0. The van der Waals surface area contributed by atoms with Crippen molar-refractivity contribution in [3.05, 3.63) is 35.4 Å². The maximum absolute atomic E-state index is 12.4. The minimum atomic E-state index is -0.152. The lowest BCUT2D eigenvalue weighted by atomic mass is 9.86. The molecule has 0 aromatic heterocycles. The zero-order valence-electron chi connectivity index (χ0n) is 15.3. The summed E-state index contributed by atoms with van der Waals surface area (Å²) in [6.07, 6.45) is 2.70. The number of aryl methyl sites for hydroxylation is 1. The average molecular weight is 331 g/mol. The maximum atomic E-state index is 12.4. The van der Waals surface area contributed by atoms with E-state index in [1.165, 1.54) is 18.2 Å². The Morgan fingerprint density at radius 3 is 2.21 bits per heavy atom. The number of methoxy groups -OCH3 is 1. The molecule has 1 aromatic rings. The molecule has 1 heterocycles. The molecule has 0 unspecified atom stereocenters. The van der Waals surface area contributed by atoms with Crippen molar-refractivity contribution in [2.45, 2.75) is 51.9 Å². The average Bonchev–Trinajstić information content (AvgIpc) is 2.58. The number of carbonyl (C=O) groups excluding carboxylic acids is 2. The Bertz CT molecular complexity index is 564. The van der Waals surface area contributed by atoms with E-state index in [-0.39, 0.29) is 23.2 Å². The molecule has 1 aliphatic heterocycles. The molecule has 4 nitrogen and oxygen atoms in total. The molecule has 0 atom stereocenters. The lowest BCUT2D eigenvalue weighted by Gasteiger charge is -2.30. The van der Waals surface area contributed by atoms with Crippen LogP contribution < -0.4 is 0 Å². The number of ether oxygens (including phenoxy) is 1. The number of amides is 1. The Hall–Kier alpha value is -1.84. The highest BCUT2D eigenvalue weighted by molar-refractivity contribution is 5.77. The highest BCUT2D eigenvalue weighted by atomic mass is 16.5. The van der Waals surface area contributed by atoms with Gasteiger partial charge < -0.3 is 9.64 Å². The number of rotatable bonds is 4. The number of hydrogen-bond acceptors (Lipinski definition) is 3. The van der Waals surface area contributed by atoms with Crippen molar-refractivity contribution in [2.75, 3.05) is 20.2 Å². The van der Waals surface area contributed by atoms with Crippen LogP contribution in [0.2, 0.25) is 0 Å². The first-order valence-corrected chi connectivity index (χ1v) is 8.76. The van der Waals surface area contributed by atoms with E-state index in [1.807, 2.05) is 4.90 Å². The van der Waals surface area contributed by atoms with E-state index in [4.69, 9.17) is 4.74 Å². The standard InChI is InChI=1S/C20H29NO3/c1-20(2,3)17-8-5-15(6-9-17)7-10-18(22)21-13-11-16(12-14-21)19(23)24-4/h5-6,8-9,16H,7,10-14H2,1-4H3. The molecule has 132 valence electrons. The van der Waals surface area contributed by atoms with Gasteiger partial charge in [-0.1, -0.05) is 45.0 Å². The van der Waals surface area contributed by atoms with E-state index < -0.39 is 0 Å². The normalized spacial score (nSPS) is 16.1. The zero-order chi connectivity index (χ0) is 17.7. The quantitative estimate of drug-likeness (QED) is 0.795. The first-order chi connectivity index (χ1) is 11.3. The summed E-state index contributed by atoms with van der Waals surface area (Å²) in [5.41, 5.74) is 2.65. The lowest BCUT2D eigenvalue weighted by Crippen LogP contribution is -2.40. The van der Waals surface area contributed by atoms with Crippen molar-refractivity contribution in [1.29, 1.82) is 0 Å². The van der Waals surface area contributed by atoms with Gasteiger partial charge in [0.2, 0.25) is 5.91 Å². The van der Waals surface area contributed by atoms with Crippen LogP contribution in [0.25, 0.3) is 0 Å². The van der Waals surface area contributed by atoms with Gasteiger partial charge in [0.25, 0.3) is 0 Å². The zero-order valence-corrected chi connectivity index (χ0v) is 15.3. The van der Waals surface area contributed by atoms with Crippen molar-refractivity contribution in [2.24, 2.45) is 5.92 Å². The molecule has 24 heavy (non-hydrogen) atoms. The van der Waals surface area contributed by atoms with E-state index in [0.29, 0.717) is 32.4 Å². The van der Waals surface area contributed by atoms with E-state index in [9.17, 15) is 9.59 Å². The first-order valence-electron chi connectivity index (χ1n) is 8.76. The number of likely N-dealkylation sites (tertiary alicyclic amines) is 1. The number of carbonyl (C=O) groups is 2. The summed E-state index contributed by atoms with van der Waals surface area (Å²) >= 11 is 0. The predicted octanol–water partition coefficient (Wildman–Crippen LogP) is 3.33. The van der Waals surface area contributed by atoms with Gasteiger partial charge in [-0.2, -0.15) is 0 Å². The van der Waals surface area contributed by atoms with Crippen LogP contribution in [0.15, 0.2) is 24.3 Å². The molecule has 0 saturated carbocycles. The largest absolute Gasteiger partial charge is 0.469 e. The molecule has 2 rings (SSSR count). The van der Waals surface area contributed by atoms with E-state index in [2.05, 4.69) is 45.0 Å². The van der Waals surface area contributed by atoms with Crippen molar-refractivity contribution in [3.8, 4) is 0 Å². The van der Waals surface area contributed by atoms with Crippen LogP contribution in [-0.2, 0) is 26.2 Å². The van der Waals surface area contributed by atoms with Gasteiger partial charge in [0.05, 0.1) is 13.0 Å². The second kappa shape index (κ2) is 7.82. The van der Waals surface area contributed by atoms with Crippen molar-refractivity contribution in [3.63, 3.8) is 0 Å². The van der Waals surface area contributed by atoms with Crippen LogP contribution >= 0.6 is 0 Å². The van der Waals surface area contributed by atoms with Crippen LogP contribution in [-0.4, -0.2) is 37.0 Å². The Labute approximate surface area is 145 Å². The summed E-state index contributed by atoms with van der Waals surface area (Å²) in [6, 6.07) is 8.55. The highest BCUT2D eigenvalue weighted by Crippen LogP contribution is 2.23. The Morgan fingerprint density at radius 2 is 1.71 bits per heavy atom. The molecule has 1 saturated heterocycles. The van der Waals surface area contributed by atoms with Gasteiger partial charge in [0.1, 0.15) is 0 Å². The smallest absolute Gasteiger partial charge is 0.308 e. The fraction of sp³-hybridized carbons (Fsp3) is 0.600. The number of nitrogens with zero attached hydrogens (tertiary/aromatic N) is 1. The maximum Gasteiger partial charge on any atom is 0.308 e. The molecule has 1 aliphatic rings. The molecule has 1 fully saturated rings. The van der Waals surface area contributed by atoms with Crippen molar-refractivity contribution in [1.82, 2.24) is 4.90 Å². The number of benzene rings is 1. The summed E-state index contributed by atoms with van der Waals surface area (Å²) < 4.78 is 4.78. The van der Waals surface area contributed by atoms with Crippen LogP contribution in [0.5, 0.6) is 0 Å². The third-order valence-electron chi connectivity index (χ3n) is 4.83. The minimum Gasteiger partial charge on any atom is -0.469 e. The third kappa shape index (κ3) is 4.83. The molecular formula is C20H29NO3. The molecule has 0 bridgehead atoms. The number of piperidine rings is 1. The SMILES string of the molecule is COC(=O)C1CCN(C(=O)CCc2ccc(C(C)(C)C)cc2)CC1. The van der Waals surface area contributed by atoms with E-state index in [0.717, 1.165) is 6.42 Å². The van der Waals surface area contributed by atoms with Crippen LogP contribution in [0.3, 0.4) is 0 Å². The second-order valence-electron chi connectivity index (χ2n) is 7.63. The lowest BCUT2D eigenvalue weighted by molar-refractivity contribution is -0.148. The van der Waals surface area contributed by atoms with E-state index in [1.54, 1.807) is 0 Å². The molecule has 0 aliphatic carbocycles. The molecular weight excluding hydrogens is 302 g/mol. The van der Waals surface area contributed by atoms with Gasteiger partial charge in [0, 0.05) is 19.5 Å². The fourth-order valence-electron chi connectivity index (χ4n) is 3.11. The van der Waals surface area contributed by atoms with Gasteiger partial charge in [-0.15, -0.1) is 0 Å². The Kier molecular flexibility index (Phi) is 6.03. The van der Waals surface area contributed by atoms with Gasteiger partial charge in [0.15, 0.2) is 0 Å². The molecule has 0 radical (unpaired) electrons. The van der Waals surface area contributed by atoms with Gasteiger partial charge in [-0.25, -0.2) is 0 Å². The summed E-state index contributed by atoms with van der Waals surface area (Å²) in [5, 5.41) is 0. The van der Waals surface area contributed by atoms with Gasteiger partial charge in [-0.05, 0) is 35.8 Å². The molecule has 1 amide bonds. The monoisotopic (exact) mass is 331 g/mol. The van der Waals surface area contributed by atoms with Gasteiger partial charge in [-0.3, -0.25) is 9.59 Å². The fourth-order valence-corrected chi connectivity index (χ4v) is 3.11. The number of esters is 1. The Balaban J connectivity index is 1.80. The molecule has 0 N–H and O–H groups in total. The summed E-state index contributed by atoms with van der Waals surface area (Å²) in [7, 11) is 1.42. The topological polar surface area (TPSA) is 46.6 Å². The minimum absolute atomic E-state index is 0.0519. The highest BCUT2D eigenvalue weighted by Gasteiger charge is 2.27. The van der Waals surface area contributed by atoms with Crippen LogP contribution in [0.1, 0.15) is 51.2 Å². The molecule has 0 spiro atoms. The molecule has 1 aromatic carbocycles. The Morgan fingerprint density at radius 1 is 1.12 bits per heavy atom. The summed E-state index contributed by atoms with van der Waals surface area (Å²) in [4.78, 5) is 25.8. The van der Waals surface area contributed by atoms with E-state index >= 15 is 0 Å². The summed E-state index contributed by atoms with van der Waals surface area (Å²) in [5.74, 6) is -0.0248. The van der Waals surface area contributed by atoms with Gasteiger partial charge >= 0.3 is 5.97 Å². The van der Waals surface area contributed by atoms with Crippen molar-refractivity contribution < 1.29 is 14.3 Å². The van der Waals surface area contributed by atoms with Crippen LogP contribution in [0, 0.1) is 5.92 Å². The van der Waals surface area contributed by atoms with Crippen LogP contribution in [0.4, 0.5) is 0 Å². The second-order valence-corrected chi connectivity index (χ2v) is 7.63. The summed E-state index contributed by atoms with van der Waals surface area (Å²) in [6.45, 7) is 7.90. The first kappa shape index (κ1) is 18.5. The predicted molar refractivity (Wildman–Crippen MR) is 94.8 cm³/mol. The molecule has 4 heteroatoms. The third-order valence-corrected chi connectivity index (χ3v) is 4.83.